The maximum Gasteiger partial charge on any atom is 0.452 e. The van der Waals surface area contributed by atoms with Gasteiger partial charge in [-0.25, -0.2) is 4.39 Å². The van der Waals surface area contributed by atoms with E-state index in [1.54, 1.807) is 6.07 Å². The Morgan fingerprint density at radius 2 is 1.34 bits per heavy atom. The maximum atomic E-state index is 14.5. The Hall–Kier alpha value is -3.96. The molecule has 206 valence electrons. The Morgan fingerprint density at radius 3 is 1.84 bits per heavy atom. The Kier molecular flexibility index (Phi) is 10.4. The number of nitrogens with one attached hydrogen (secondary N) is 3. The molecule has 0 bridgehead atoms. The van der Waals surface area contributed by atoms with Crippen LogP contribution in [0, 0.1) is 5.92 Å². The number of carbonyl (C=O) groups excluding carboxylic acids is 4. The van der Waals surface area contributed by atoms with Crippen LogP contribution in [-0.2, 0) is 19.2 Å². The summed E-state index contributed by atoms with van der Waals surface area (Å²) >= 11 is 0. The molecule has 0 fully saturated rings. The predicted octanol–water partition coefficient (Wildman–Crippen LogP) is 3.34. The fourth-order valence-electron chi connectivity index (χ4n) is 3.44. The summed E-state index contributed by atoms with van der Waals surface area (Å²) in [6.07, 6.45) is -7.26. The van der Waals surface area contributed by atoms with E-state index >= 15 is 0 Å². The minimum absolute atomic E-state index is 0.0714. The van der Waals surface area contributed by atoms with Gasteiger partial charge in [0.15, 0.2) is 0 Å². The Balaban J connectivity index is 2.25. The van der Waals surface area contributed by atoms with E-state index in [1.807, 2.05) is 0 Å². The molecular weight excluding hydrogens is 510 g/mol. The highest BCUT2D eigenvalue weighted by Crippen LogP contribution is 2.23. The first-order chi connectivity index (χ1) is 17.8. The van der Waals surface area contributed by atoms with E-state index in [0.29, 0.717) is 5.75 Å². The van der Waals surface area contributed by atoms with Crippen molar-refractivity contribution in [3.05, 3.63) is 65.7 Å². The maximum absolute atomic E-state index is 14.5. The summed E-state index contributed by atoms with van der Waals surface area (Å²) in [5, 5.41) is 6.64. The standard InChI is InChI=1S/C26H29F4N3O5/c1-14(2)20(22(34)26(28,29)30)32-25(37)21(17-10-12-18(38-4)13-11-17)33-23(35)15(3)31-24(36)19(27)16-8-6-5-7-9-16/h5-15,19-21H,1-4H3,(H,31,36)(H,32,37)(H,33,35)/t15-,19?,20-,21-/m0/s1. The van der Waals surface area contributed by atoms with Crippen LogP contribution >= 0.6 is 0 Å². The number of alkyl halides is 4. The van der Waals surface area contributed by atoms with Gasteiger partial charge in [0.25, 0.3) is 11.7 Å². The molecule has 38 heavy (non-hydrogen) atoms. The third-order valence-electron chi connectivity index (χ3n) is 5.60. The first-order valence-electron chi connectivity index (χ1n) is 11.6. The Bertz CT molecular complexity index is 1120. The number of methoxy groups -OCH3 is 1. The number of Topliss-reactive ketones (excluding diaryl/α,β-unsaturated/α-hetero) is 1. The summed E-state index contributed by atoms with van der Waals surface area (Å²) in [4.78, 5) is 50.2. The van der Waals surface area contributed by atoms with Crippen molar-refractivity contribution >= 4 is 23.5 Å². The minimum atomic E-state index is -5.19. The summed E-state index contributed by atoms with van der Waals surface area (Å²) in [5.74, 6) is -5.76. The van der Waals surface area contributed by atoms with Crippen LogP contribution in [0.15, 0.2) is 54.6 Å². The van der Waals surface area contributed by atoms with Gasteiger partial charge in [-0.05, 0) is 36.1 Å². The lowest BCUT2D eigenvalue weighted by molar-refractivity contribution is -0.175. The number of ketones is 1. The van der Waals surface area contributed by atoms with E-state index in [0.717, 1.165) is 0 Å². The second-order valence-electron chi connectivity index (χ2n) is 8.81. The molecule has 2 rings (SSSR count). The average molecular weight is 540 g/mol. The number of hydrogen-bond donors (Lipinski definition) is 3. The monoisotopic (exact) mass is 539 g/mol. The lowest BCUT2D eigenvalue weighted by Gasteiger charge is -2.27. The number of benzene rings is 2. The number of carbonyl (C=O) groups is 4. The van der Waals surface area contributed by atoms with Crippen molar-refractivity contribution in [2.24, 2.45) is 5.92 Å². The van der Waals surface area contributed by atoms with Gasteiger partial charge in [-0.3, -0.25) is 19.2 Å². The molecule has 0 saturated heterocycles. The summed E-state index contributed by atoms with van der Waals surface area (Å²) in [6.45, 7) is 3.90. The second-order valence-corrected chi connectivity index (χ2v) is 8.81. The van der Waals surface area contributed by atoms with Crippen molar-refractivity contribution in [3.63, 3.8) is 0 Å². The molecular formula is C26H29F4N3O5. The van der Waals surface area contributed by atoms with Gasteiger partial charge in [0.05, 0.1) is 13.2 Å². The predicted molar refractivity (Wildman–Crippen MR) is 130 cm³/mol. The zero-order chi connectivity index (χ0) is 28.6. The van der Waals surface area contributed by atoms with Crippen LogP contribution in [0.2, 0.25) is 0 Å². The van der Waals surface area contributed by atoms with E-state index in [-0.39, 0.29) is 11.1 Å². The van der Waals surface area contributed by atoms with Crippen LogP contribution in [0.25, 0.3) is 0 Å². The first-order valence-corrected chi connectivity index (χ1v) is 11.6. The van der Waals surface area contributed by atoms with Gasteiger partial charge < -0.3 is 20.7 Å². The van der Waals surface area contributed by atoms with E-state index in [9.17, 15) is 36.7 Å². The van der Waals surface area contributed by atoms with Crippen LogP contribution in [0.5, 0.6) is 5.75 Å². The third kappa shape index (κ3) is 8.02. The Morgan fingerprint density at radius 1 is 0.763 bits per heavy atom. The number of amides is 3. The molecule has 0 aromatic heterocycles. The van der Waals surface area contributed by atoms with Gasteiger partial charge in [-0.1, -0.05) is 56.3 Å². The van der Waals surface area contributed by atoms with Gasteiger partial charge in [0, 0.05) is 0 Å². The van der Waals surface area contributed by atoms with E-state index in [2.05, 4.69) is 16.0 Å². The highest BCUT2D eigenvalue weighted by Gasteiger charge is 2.45. The van der Waals surface area contributed by atoms with Crippen molar-refractivity contribution in [1.82, 2.24) is 16.0 Å². The highest BCUT2D eigenvalue weighted by molar-refractivity contribution is 5.97. The van der Waals surface area contributed by atoms with Crippen LogP contribution in [0.1, 0.15) is 44.1 Å². The molecule has 8 nitrogen and oxygen atoms in total. The number of hydrogen-bond acceptors (Lipinski definition) is 5. The topological polar surface area (TPSA) is 114 Å². The molecule has 0 spiro atoms. The lowest BCUT2D eigenvalue weighted by atomic mass is 9.97. The van der Waals surface area contributed by atoms with E-state index in [1.165, 1.54) is 76.4 Å². The van der Waals surface area contributed by atoms with Gasteiger partial charge in [0.1, 0.15) is 17.8 Å². The molecule has 0 saturated carbocycles. The minimum Gasteiger partial charge on any atom is -0.497 e. The SMILES string of the molecule is COc1ccc([C@H](NC(=O)[C@H](C)NC(=O)C(F)c2ccccc2)C(=O)N[C@H](C(=O)C(F)(F)F)C(C)C)cc1. The molecule has 1 unspecified atom stereocenters. The summed E-state index contributed by atoms with van der Waals surface area (Å²) < 4.78 is 58.8. The quantitative estimate of drug-likeness (QED) is 0.379. The second kappa shape index (κ2) is 13.0. The van der Waals surface area contributed by atoms with Crippen molar-refractivity contribution in [2.45, 2.75) is 51.2 Å². The third-order valence-corrected chi connectivity index (χ3v) is 5.60. The van der Waals surface area contributed by atoms with Crippen LogP contribution in [0.3, 0.4) is 0 Å². The van der Waals surface area contributed by atoms with Crippen LogP contribution in [-0.4, -0.2) is 48.9 Å². The van der Waals surface area contributed by atoms with E-state index < -0.39 is 59.9 Å². The van der Waals surface area contributed by atoms with Crippen molar-refractivity contribution in [2.75, 3.05) is 7.11 Å². The molecule has 12 heteroatoms. The normalized spacial score (nSPS) is 14.6. The molecule has 3 amide bonds. The summed E-state index contributed by atoms with van der Waals surface area (Å²) in [6, 6.07) is 8.44. The molecule has 0 radical (unpaired) electrons. The number of halogens is 4. The fraction of sp³-hybridized carbons (Fsp3) is 0.385. The molecule has 0 aliphatic rings. The molecule has 0 heterocycles. The Labute approximate surface area is 217 Å². The molecule has 0 aliphatic heterocycles. The number of ether oxygens (including phenoxy) is 1. The zero-order valence-corrected chi connectivity index (χ0v) is 21.1. The largest absolute Gasteiger partial charge is 0.497 e. The number of rotatable bonds is 11. The molecule has 3 N–H and O–H groups in total. The van der Waals surface area contributed by atoms with Crippen molar-refractivity contribution < 1.29 is 41.5 Å². The molecule has 0 aliphatic carbocycles. The first kappa shape index (κ1) is 30.3. The smallest absolute Gasteiger partial charge is 0.452 e. The molecule has 2 aromatic rings. The summed E-state index contributed by atoms with van der Waals surface area (Å²) in [5.41, 5.74) is 0.229. The fourth-order valence-corrected chi connectivity index (χ4v) is 3.44. The lowest BCUT2D eigenvalue weighted by Crippen LogP contribution is -2.54. The average Bonchev–Trinajstić information content (AvgIpc) is 2.88. The van der Waals surface area contributed by atoms with Crippen molar-refractivity contribution in [1.29, 1.82) is 0 Å². The van der Waals surface area contributed by atoms with Gasteiger partial charge >= 0.3 is 6.18 Å². The van der Waals surface area contributed by atoms with Crippen LogP contribution in [0.4, 0.5) is 17.6 Å². The summed E-state index contributed by atoms with van der Waals surface area (Å²) in [7, 11) is 1.40. The van der Waals surface area contributed by atoms with E-state index in [4.69, 9.17) is 4.74 Å². The van der Waals surface area contributed by atoms with Crippen LogP contribution < -0.4 is 20.7 Å². The van der Waals surface area contributed by atoms with Gasteiger partial charge in [-0.2, -0.15) is 13.2 Å². The molecule has 4 atom stereocenters. The molecule has 2 aromatic carbocycles. The highest BCUT2D eigenvalue weighted by atomic mass is 19.4. The van der Waals surface area contributed by atoms with Crippen molar-refractivity contribution in [3.8, 4) is 5.75 Å². The van der Waals surface area contributed by atoms with Gasteiger partial charge in [0.2, 0.25) is 18.0 Å². The zero-order valence-electron chi connectivity index (χ0n) is 21.1. The van der Waals surface area contributed by atoms with Gasteiger partial charge in [-0.15, -0.1) is 0 Å².